The van der Waals surface area contributed by atoms with E-state index in [1.54, 1.807) is 17.1 Å². The number of para-hydroxylation sites is 1. The lowest BCUT2D eigenvalue weighted by Crippen LogP contribution is -2.36. The third-order valence-electron chi connectivity index (χ3n) is 4.32. The molecular weight excluding hydrogens is 405 g/mol. The number of nitrogens with one attached hydrogen (secondary N) is 3. The summed E-state index contributed by atoms with van der Waals surface area (Å²) in [7, 11) is -4.18. The highest BCUT2D eigenvalue weighted by Crippen LogP contribution is 2.35. The van der Waals surface area contributed by atoms with Crippen molar-refractivity contribution < 1.29 is 21.6 Å². The van der Waals surface area contributed by atoms with Crippen LogP contribution in [0.5, 0.6) is 0 Å². The zero-order valence-electron chi connectivity index (χ0n) is 15.6. The van der Waals surface area contributed by atoms with Gasteiger partial charge in [0.1, 0.15) is 0 Å². The van der Waals surface area contributed by atoms with Crippen LogP contribution in [0.25, 0.3) is 0 Å². The summed E-state index contributed by atoms with van der Waals surface area (Å²) in [5.74, 6) is 0. The molecule has 3 rings (SSSR count). The molecule has 0 aliphatic carbocycles. The molecule has 0 atom stereocenters. The van der Waals surface area contributed by atoms with Crippen LogP contribution >= 0.6 is 0 Å². The van der Waals surface area contributed by atoms with E-state index in [0.717, 1.165) is 37.1 Å². The van der Waals surface area contributed by atoms with E-state index >= 15 is 0 Å². The van der Waals surface area contributed by atoms with E-state index in [4.69, 9.17) is 0 Å². The van der Waals surface area contributed by atoms with Crippen molar-refractivity contribution in [2.24, 2.45) is 0 Å². The molecule has 3 N–H and O–H groups in total. The third kappa shape index (κ3) is 5.01. The molecule has 1 aliphatic heterocycles. The third-order valence-corrected chi connectivity index (χ3v) is 5.70. The normalized spacial score (nSPS) is 14.5. The molecule has 2 aromatic carbocycles. The predicted octanol–water partition coefficient (Wildman–Crippen LogP) is 4.37. The van der Waals surface area contributed by atoms with Crippen molar-refractivity contribution in [1.82, 2.24) is 11.0 Å². The van der Waals surface area contributed by atoms with Crippen molar-refractivity contribution >= 4 is 21.4 Å². The fourth-order valence-electron chi connectivity index (χ4n) is 2.79. The summed E-state index contributed by atoms with van der Waals surface area (Å²) in [5, 5.41) is 1.70. The number of allylic oxidation sites excluding steroid dienone is 1. The molecule has 1 aliphatic rings. The van der Waals surface area contributed by atoms with Crippen molar-refractivity contribution in [2.75, 3.05) is 9.73 Å². The quantitative estimate of drug-likeness (QED) is 0.613. The second-order valence-corrected chi connectivity index (χ2v) is 8.19. The van der Waals surface area contributed by atoms with E-state index in [-0.39, 0.29) is 4.90 Å². The number of nitrogens with zero attached hydrogens (tertiary/aromatic N) is 1. The van der Waals surface area contributed by atoms with E-state index < -0.39 is 27.5 Å². The molecule has 0 spiro atoms. The van der Waals surface area contributed by atoms with Crippen LogP contribution in [-0.2, 0) is 16.2 Å². The van der Waals surface area contributed by atoms with Crippen LogP contribution in [0.1, 0.15) is 31.7 Å². The van der Waals surface area contributed by atoms with Crippen LogP contribution in [0, 0.1) is 0 Å². The zero-order chi connectivity index (χ0) is 21.1. The maximum absolute atomic E-state index is 13.1. The number of alkyl halides is 3. The Morgan fingerprint density at radius 2 is 1.76 bits per heavy atom. The Kier molecular flexibility index (Phi) is 6.04. The van der Waals surface area contributed by atoms with Crippen LogP contribution in [-0.4, -0.2) is 8.42 Å². The number of sulfonamides is 1. The number of anilines is 2. The van der Waals surface area contributed by atoms with E-state index in [1.165, 1.54) is 24.3 Å². The Labute approximate surface area is 167 Å². The highest BCUT2D eigenvalue weighted by atomic mass is 32.2. The fourth-order valence-corrected chi connectivity index (χ4v) is 3.87. The Morgan fingerprint density at radius 1 is 1.07 bits per heavy atom. The lowest BCUT2D eigenvalue weighted by Gasteiger charge is -2.17. The maximum Gasteiger partial charge on any atom is 0.418 e. The average molecular weight is 426 g/mol. The molecule has 0 aromatic heterocycles. The van der Waals surface area contributed by atoms with Gasteiger partial charge in [-0.25, -0.2) is 8.42 Å². The molecule has 6 nitrogen and oxygen atoms in total. The van der Waals surface area contributed by atoms with Gasteiger partial charge in [-0.05, 0) is 49.2 Å². The SMILES string of the molecule is CCCCC1=CN(c2ccc(S(=O)(=O)Nc3ccccc3C(F)(F)F)cc2)NN1. The molecule has 0 saturated heterocycles. The number of hydrogen-bond donors (Lipinski definition) is 3. The smallest absolute Gasteiger partial charge is 0.306 e. The van der Waals surface area contributed by atoms with Gasteiger partial charge in [0.05, 0.1) is 21.8 Å². The molecule has 0 amide bonds. The molecule has 2 aromatic rings. The number of benzene rings is 2. The summed E-state index contributed by atoms with van der Waals surface area (Å²) < 4.78 is 66.4. The van der Waals surface area contributed by atoms with Gasteiger partial charge in [0, 0.05) is 11.9 Å². The first kappa shape index (κ1) is 21.0. The van der Waals surface area contributed by atoms with Gasteiger partial charge in [-0.3, -0.25) is 9.73 Å². The van der Waals surface area contributed by atoms with Crippen molar-refractivity contribution in [1.29, 1.82) is 0 Å². The summed E-state index contributed by atoms with van der Waals surface area (Å²) >= 11 is 0. The minimum absolute atomic E-state index is 0.138. The summed E-state index contributed by atoms with van der Waals surface area (Å²) in [4.78, 5) is -0.138. The molecule has 156 valence electrons. The molecule has 0 fully saturated rings. The minimum atomic E-state index is -4.67. The van der Waals surface area contributed by atoms with Crippen LogP contribution in [0.15, 0.2) is 65.3 Å². The molecule has 0 bridgehead atoms. The van der Waals surface area contributed by atoms with E-state index in [2.05, 4.69) is 17.9 Å². The summed E-state index contributed by atoms with van der Waals surface area (Å²) in [5.41, 5.74) is 6.12. The second-order valence-electron chi connectivity index (χ2n) is 6.51. The molecule has 0 saturated carbocycles. The number of hydrogen-bond acceptors (Lipinski definition) is 5. The van der Waals surface area contributed by atoms with Crippen LogP contribution < -0.4 is 20.7 Å². The Morgan fingerprint density at radius 3 is 2.41 bits per heavy atom. The molecule has 10 heteroatoms. The zero-order valence-corrected chi connectivity index (χ0v) is 16.4. The monoisotopic (exact) mass is 426 g/mol. The number of rotatable bonds is 7. The lowest BCUT2D eigenvalue weighted by atomic mass is 10.2. The predicted molar refractivity (Wildman–Crippen MR) is 105 cm³/mol. The molecule has 1 heterocycles. The first-order valence-electron chi connectivity index (χ1n) is 9.01. The topological polar surface area (TPSA) is 73.5 Å². The first-order chi connectivity index (χ1) is 13.7. The summed E-state index contributed by atoms with van der Waals surface area (Å²) in [6.07, 6.45) is 0.192. The van der Waals surface area contributed by atoms with Gasteiger partial charge < -0.3 is 5.43 Å². The van der Waals surface area contributed by atoms with E-state index in [1.807, 2.05) is 10.9 Å². The molecule has 0 radical (unpaired) electrons. The van der Waals surface area contributed by atoms with E-state index in [0.29, 0.717) is 5.69 Å². The van der Waals surface area contributed by atoms with Gasteiger partial charge in [-0.2, -0.15) is 13.2 Å². The van der Waals surface area contributed by atoms with Crippen LogP contribution in [0.4, 0.5) is 24.5 Å². The maximum atomic E-state index is 13.1. The summed E-state index contributed by atoms with van der Waals surface area (Å²) in [6.45, 7) is 2.10. The second kappa shape index (κ2) is 8.34. The van der Waals surface area contributed by atoms with Crippen LogP contribution in [0.2, 0.25) is 0 Å². The summed E-state index contributed by atoms with van der Waals surface area (Å²) in [6, 6.07) is 10.3. The molecular formula is C19H21F3N4O2S. The van der Waals surface area contributed by atoms with Gasteiger partial charge in [-0.15, -0.1) is 5.53 Å². The van der Waals surface area contributed by atoms with Crippen LogP contribution in [0.3, 0.4) is 0 Å². The molecule has 0 unspecified atom stereocenters. The Bertz CT molecular complexity index is 989. The fraction of sp³-hybridized carbons (Fsp3) is 0.263. The van der Waals surface area contributed by atoms with Crippen molar-refractivity contribution in [3.05, 3.63) is 66.0 Å². The largest absolute Gasteiger partial charge is 0.418 e. The van der Waals surface area contributed by atoms with Gasteiger partial charge in [0.25, 0.3) is 10.0 Å². The number of halogens is 3. The number of hydrazine groups is 2. The van der Waals surface area contributed by atoms with Crippen molar-refractivity contribution in [3.63, 3.8) is 0 Å². The molecule has 29 heavy (non-hydrogen) atoms. The van der Waals surface area contributed by atoms with Gasteiger partial charge >= 0.3 is 6.18 Å². The highest BCUT2D eigenvalue weighted by Gasteiger charge is 2.34. The average Bonchev–Trinajstić information content (AvgIpc) is 3.15. The van der Waals surface area contributed by atoms with E-state index in [9.17, 15) is 21.6 Å². The highest BCUT2D eigenvalue weighted by molar-refractivity contribution is 7.92. The standard InChI is InChI=1S/C19H21F3N4O2S/c1-2-3-6-14-13-26(25-23-14)15-9-11-16(12-10-15)29(27,28)24-18-8-5-4-7-17(18)19(20,21)22/h4-5,7-13,23-25H,2-3,6H2,1H3. The Balaban J connectivity index is 1.77. The lowest BCUT2D eigenvalue weighted by molar-refractivity contribution is -0.136. The Hall–Kier alpha value is -2.72. The van der Waals surface area contributed by atoms with Gasteiger partial charge in [0.15, 0.2) is 0 Å². The van der Waals surface area contributed by atoms with Gasteiger partial charge in [-0.1, -0.05) is 25.5 Å². The minimum Gasteiger partial charge on any atom is -0.306 e. The first-order valence-corrected chi connectivity index (χ1v) is 10.5. The van der Waals surface area contributed by atoms with Crippen molar-refractivity contribution in [2.45, 2.75) is 37.3 Å². The van der Waals surface area contributed by atoms with Crippen molar-refractivity contribution in [3.8, 4) is 0 Å². The number of unbranched alkanes of at least 4 members (excludes halogenated alkanes) is 1. The van der Waals surface area contributed by atoms with Gasteiger partial charge in [0.2, 0.25) is 0 Å².